The topological polar surface area (TPSA) is 105 Å². The Morgan fingerprint density at radius 2 is 1.85 bits per heavy atom. The second kappa shape index (κ2) is 9.96. The van der Waals surface area contributed by atoms with E-state index in [0.717, 1.165) is 38.1 Å². The van der Waals surface area contributed by atoms with Crippen LogP contribution in [0.25, 0.3) is 0 Å². The number of carbonyl (C=O) groups excluding carboxylic acids is 3. The number of benzene rings is 1. The van der Waals surface area contributed by atoms with Crippen molar-refractivity contribution >= 4 is 17.7 Å². The van der Waals surface area contributed by atoms with Gasteiger partial charge in [0.25, 0.3) is 5.91 Å². The summed E-state index contributed by atoms with van der Waals surface area (Å²) in [7, 11) is 0. The fourth-order valence-corrected chi connectivity index (χ4v) is 3.03. The summed E-state index contributed by atoms with van der Waals surface area (Å²) in [4.78, 5) is 37.0. The maximum absolute atomic E-state index is 13.1. The molecule has 1 atom stereocenters. The Kier molecular flexibility index (Phi) is 7.66. The first-order chi connectivity index (χ1) is 12.8. The van der Waals surface area contributed by atoms with Gasteiger partial charge in [-0.2, -0.15) is 0 Å². The molecule has 0 aromatic heterocycles. The number of carbonyl (C=O) groups is 3. The van der Waals surface area contributed by atoms with Crippen molar-refractivity contribution in [2.45, 2.75) is 19.3 Å². The Balaban J connectivity index is 1.63. The third kappa shape index (κ3) is 6.93. The highest BCUT2D eigenvalue weighted by atomic mass is 19.1. The molecule has 1 aromatic rings. The van der Waals surface area contributed by atoms with Gasteiger partial charge in [0.05, 0.1) is 12.5 Å². The minimum Gasteiger partial charge on any atom is -0.369 e. The van der Waals surface area contributed by atoms with E-state index in [1.807, 2.05) is 0 Å². The highest BCUT2D eigenvalue weighted by Crippen LogP contribution is 2.15. The standard InChI is InChI=1S/C18H24F2N4O3/c19-14-7-13(8-15(20)9-14)18(27)23-10-16(25)22-4-2-6-24-5-1-3-12(11-24)17(21)26/h7-9,12H,1-6,10-11H2,(H2,21,26)(H,22,25)(H,23,27). The van der Waals surface area contributed by atoms with Crippen molar-refractivity contribution in [2.75, 3.05) is 32.7 Å². The lowest BCUT2D eigenvalue weighted by Gasteiger charge is -2.31. The van der Waals surface area contributed by atoms with Gasteiger partial charge in [-0.3, -0.25) is 14.4 Å². The lowest BCUT2D eigenvalue weighted by molar-refractivity contribution is -0.123. The van der Waals surface area contributed by atoms with Crippen LogP contribution < -0.4 is 16.4 Å². The number of nitrogens with zero attached hydrogens (tertiary/aromatic N) is 1. The van der Waals surface area contributed by atoms with Crippen LogP contribution in [0.15, 0.2) is 18.2 Å². The predicted molar refractivity (Wildman–Crippen MR) is 94.7 cm³/mol. The van der Waals surface area contributed by atoms with Crippen molar-refractivity contribution in [3.05, 3.63) is 35.4 Å². The summed E-state index contributed by atoms with van der Waals surface area (Å²) >= 11 is 0. The zero-order valence-electron chi connectivity index (χ0n) is 15.0. The van der Waals surface area contributed by atoms with Crippen LogP contribution in [-0.4, -0.2) is 55.3 Å². The van der Waals surface area contributed by atoms with Gasteiger partial charge >= 0.3 is 0 Å². The fraction of sp³-hybridized carbons (Fsp3) is 0.500. The van der Waals surface area contributed by atoms with E-state index in [0.29, 0.717) is 25.6 Å². The van der Waals surface area contributed by atoms with Crippen LogP contribution in [0.4, 0.5) is 8.78 Å². The van der Waals surface area contributed by atoms with E-state index < -0.39 is 23.4 Å². The fourth-order valence-electron chi connectivity index (χ4n) is 3.03. The van der Waals surface area contributed by atoms with Gasteiger partial charge in [0.1, 0.15) is 11.6 Å². The van der Waals surface area contributed by atoms with E-state index in [1.54, 1.807) is 0 Å². The van der Waals surface area contributed by atoms with Crippen LogP contribution in [0, 0.1) is 17.6 Å². The normalized spacial score (nSPS) is 17.3. The van der Waals surface area contributed by atoms with E-state index in [-0.39, 0.29) is 23.9 Å². The lowest BCUT2D eigenvalue weighted by Crippen LogP contribution is -2.42. The minimum absolute atomic E-state index is 0.115. The number of nitrogens with one attached hydrogen (secondary N) is 2. The first-order valence-corrected chi connectivity index (χ1v) is 8.88. The van der Waals surface area contributed by atoms with Crippen molar-refractivity contribution in [1.82, 2.24) is 15.5 Å². The Hall–Kier alpha value is -2.55. The Morgan fingerprint density at radius 3 is 2.52 bits per heavy atom. The maximum atomic E-state index is 13.1. The third-order valence-corrected chi connectivity index (χ3v) is 4.42. The van der Waals surface area contributed by atoms with Crippen molar-refractivity contribution in [1.29, 1.82) is 0 Å². The van der Waals surface area contributed by atoms with E-state index in [4.69, 9.17) is 5.73 Å². The summed E-state index contributed by atoms with van der Waals surface area (Å²) < 4.78 is 26.2. The van der Waals surface area contributed by atoms with Gasteiger partial charge in [-0.15, -0.1) is 0 Å². The molecule has 148 valence electrons. The van der Waals surface area contributed by atoms with E-state index in [9.17, 15) is 23.2 Å². The molecule has 9 heteroatoms. The number of hydrogen-bond acceptors (Lipinski definition) is 4. The Morgan fingerprint density at radius 1 is 1.15 bits per heavy atom. The molecule has 2 rings (SSSR count). The third-order valence-electron chi connectivity index (χ3n) is 4.42. The minimum atomic E-state index is -0.860. The summed E-state index contributed by atoms with van der Waals surface area (Å²) in [6, 6.07) is 2.46. The zero-order valence-corrected chi connectivity index (χ0v) is 15.0. The first kappa shape index (κ1) is 20.8. The van der Waals surface area contributed by atoms with Crippen LogP contribution >= 0.6 is 0 Å². The molecule has 1 aliphatic heterocycles. The molecule has 4 N–H and O–H groups in total. The van der Waals surface area contributed by atoms with E-state index >= 15 is 0 Å². The lowest BCUT2D eigenvalue weighted by atomic mass is 9.97. The molecule has 0 saturated carbocycles. The maximum Gasteiger partial charge on any atom is 0.251 e. The van der Waals surface area contributed by atoms with Crippen LogP contribution in [0.3, 0.4) is 0 Å². The molecule has 1 fully saturated rings. The molecule has 0 spiro atoms. The second-order valence-corrected chi connectivity index (χ2v) is 6.59. The average Bonchev–Trinajstić information content (AvgIpc) is 2.62. The monoisotopic (exact) mass is 382 g/mol. The number of primary amides is 1. The summed E-state index contributed by atoms with van der Waals surface area (Å²) in [5.74, 6) is -3.23. The Bertz CT molecular complexity index is 679. The number of likely N-dealkylation sites (tertiary alicyclic amines) is 1. The molecule has 1 saturated heterocycles. The molecule has 1 aliphatic rings. The molecule has 27 heavy (non-hydrogen) atoms. The predicted octanol–water partition coefficient (Wildman–Crippen LogP) is 0.398. The number of halogens is 2. The van der Waals surface area contributed by atoms with Gasteiger partial charge in [0.2, 0.25) is 11.8 Å². The average molecular weight is 382 g/mol. The van der Waals surface area contributed by atoms with Gasteiger partial charge < -0.3 is 21.3 Å². The van der Waals surface area contributed by atoms with Crippen LogP contribution in [0.2, 0.25) is 0 Å². The molecular weight excluding hydrogens is 358 g/mol. The molecule has 1 heterocycles. The van der Waals surface area contributed by atoms with Gasteiger partial charge in [-0.1, -0.05) is 0 Å². The van der Waals surface area contributed by atoms with E-state index in [1.165, 1.54) is 0 Å². The van der Waals surface area contributed by atoms with Crippen LogP contribution in [0.1, 0.15) is 29.6 Å². The Labute approximate surface area is 156 Å². The van der Waals surface area contributed by atoms with Crippen LogP contribution in [0.5, 0.6) is 0 Å². The smallest absolute Gasteiger partial charge is 0.251 e. The highest BCUT2D eigenvalue weighted by Gasteiger charge is 2.23. The summed E-state index contributed by atoms with van der Waals surface area (Å²) in [5.41, 5.74) is 5.16. The first-order valence-electron chi connectivity index (χ1n) is 8.88. The summed E-state index contributed by atoms with van der Waals surface area (Å²) in [5, 5.41) is 4.98. The largest absolute Gasteiger partial charge is 0.369 e. The van der Waals surface area contributed by atoms with Crippen molar-refractivity contribution in [2.24, 2.45) is 11.7 Å². The number of piperidine rings is 1. The van der Waals surface area contributed by atoms with Crippen molar-refractivity contribution in [3.8, 4) is 0 Å². The molecule has 3 amide bonds. The van der Waals surface area contributed by atoms with E-state index in [2.05, 4.69) is 15.5 Å². The molecule has 0 aliphatic carbocycles. The molecule has 1 unspecified atom stereocenters. The van der Waals surface area contributed by atoms with Gasteiger partial charge in [0, 0.05) is 24.7 Å². The molecule has 7 nitrogen and oxygen atoms in total. The summed E-state index contributed by atoms with van der Waals surface area (Å²) in [6.07, 6.45) is 2.43. The molecule has 1 aromatic carbocycles. The van der Waals surface area contributed by atoms with Crippen molar-refractivity contribution < 1.29 is 23.2 Å². The number of amides is 3. The van der Waals surface area contributed by atoms with Gasteiger partial charge in [0.15, 0.2) is 0 Å². The molecule has 0 radical (unpaired) electrons. The molecule has 0 bridgehead atoms. The van der Waals surface area contributed by atoms with Gasteiger partial charge in [-0.25, -0.2) is 8.78 Å². The number of hydrogen-bond donors (Lipinski definition) is 3. The SMILES string of the molecule is NC(=O)C1CCCN(CCCNC(=O)CNC(=O)c2cc(F)cc(F)c2)C1. The number of nitrogens with two attached hydrogens (primary N) is 1. The highest BCUT2D eigenvalue weighted by molar-refractivity contribution is 5.96. The second-order valence-electron chi connectivity index (χ2n) is 6.59. The quantitative estimate of drug-likeness (QED) is 0.566. The number of rotatable bonds is 8. The summed E-state index contributed by atoms with van der Waals surface area (Å²) in [6.45, 7) is 2.41. The van der Waals surface area contributed by atoms with Crippen LogP contribution in [-0.2, 0) is 9.59 Å². The molecular formula is C18H24F2N4O3. The van der Waals surface area contributed by atoms with Gasteiger partial charge in [-0.05, 0) is 44.5 Å². The van der Waals surface area contributed by atoms with Crippen molar-refractivity contribution in [3.63, 3.8) is 0 Å². The zero-order chi connectivity index (χ0) is 19.8.